The molecule has 1 aromatic rings. The van der Waals surface area contributed by atoms with Gasteiger partial charge < -0.3 is 9.84 Å². The molecule has 0 aliphatic rings. The van der Waals surface area contributed by atoms with Gasteiger partial charge in [0.25, 0.3) is 0 Å². The number of carbonyl (C=O) groups is 1. The molecule has 0 unspecified atom stereocenters. The molecular formula is C18H26O3. The number of unbranched alkanes of at least 4 members (excludes halogenated alkanes) is 5. The predicted molar refractivity (Wildman–Crippen MR) is 86.7 cm³/mol. The summed E-state index contributed by atoms with van der Waals surface area (Å²) in [7, 11) is 1.66. The summed E-state index contributed by atoms with van der Waals surface area (Å²) in [6, 6.07) is 5.87. The van der Waals surface area contributed by atoms with Crippen LogP contribution in [0, 0.1) is 0 Å². The van der Waals surface area contributed by atoms with Crippen LogP contribution in [0.2, 0.25) is 0 Å². The van der Waals surface area contributed by atoms with Crippen LogP contribution in [0.5, 0.6) is 5.75 Å². The third kappa shape index (κ3) is 6.98. The third-order valence-corrected chi connectivity index (χ3v) is 3.53. The molecule has 116 valence electrons. The number of rotatable bonds is 10. The lowest BCUT2D eigenvalue weighted by Crippen LogP contribution is -1.94. The maximum absolute atomic E-state index is 10.5. The highest BCUT2D eigenvalue weighted by Gasteiger charge is 2.04. The van der Waals surface area contributed by atoms with Crippen molar-refractivity contribution < 1.29 is 14.6 Å². The zero-order chi connectivity index (χ0) is 15.5. The molecule has 0 amide bonds. The summed E-state index contributed by atoms with van der Waals surface area (Å²) < 4.78 is 5.41. The molecule has 21 heavy (non-hydrogen) atoms. The van der Waals surface area contributed by atoms with Crippen LogP contribution in [0.4, 0.5) is 0 Å². The number of hydrogen-bond acceptors (Lipinski definition) is 2. The Labute approximate surface area is 127 Å². The number of aryl methyl sites for hydroxylation is 1. The molecule has 1 rings (SSSR count). The molecule has 0 saturated carbocycles. The van der Waals surface area contributed by atoms with Gasteiger partial charge in [0.2, 0.25) is 0 Å². The zero-order valence-electron chi connectivity index (χ0n) is 13.1. The zero-order valence-corrected chi connectivity index (χ0v) is 13.1. The second-order valence-electron chi connectivity index (χ2n) is 5.26. The van der Waals surface area contributed by atoms with Crippen LogP contribution < -0.4 is 4.74 Å². The van der Waals surface area contributed by atoms with Crippen molar-refractivity contribution in [2.75, 3.05) is 7.11 Å². The number of carboxylic acids is 1. The highest BCUT2D eigenvalue weighted by atomic mass is 16.5. The van der Waals surface area contributed by atoms with Crippen molar-refractivity contribution in [2.24, 2.45) is 0 Å². The maximum Gasteiger partial charge on any atom is 0.328 e. The van der Waals surface area contributed by atoms with Crippen molar-refractivity contribution in [2.45, 2.75) is 51.9 Å². The van der Waals surface area contributed by atoms with Crippen LogP contribution in [-0.4, -0.2) is 18.2 Å². The Morgan fingerprint density at radius 2 is 1.90 bits per heavy atom. The van der Waals surface area contributed by atoms with Crippen molar-refractivity contribution in [3.63, 3.8) is 0 Å². The molecule has 1 aromatic carbocycles. The summed E-state index contributed by atoms with van der Waals surface area (Å²) in [5, 5.41) is 8.64. The first kappa shape index (κ1) is 17.3. The molecule has 0 heterocycles. The van der Waals surface area contributed by atoms with Crippen LogP contribution >= 0.6 is 0 Å². The number of methoxy groups -OCH3 is 1. The first-order valence-electron chi connectivity index (χ1n) is 7.75. The Morgan fingerprint density at radius 3 is 2.57 bits per heavy atom. The van der Waals surface area contributed by atoms with Gasteiger partial charge >= 0.3 is 5.97 Å². The van der Waals surface area contributed by atoms with Crippen LogP contribution in [0.3, 0.4) is 0 Å². The van der Waals surface area contributed by atoms with E-state index in [2.05, 4.69) is 6.92 Å². The Morgan fingerprint density at radius 1 is 1.19 bits per heavy atom. The van der Waals surface area contributed by atoms with Gasteiger partial charge in [0.05, 0.1) is 7.11 Å². The van der Waals surface area contributed by atoms with E-state index in [1.807, 2.05) is 18.2 Å². The Hall–Kier alpha value is -1.77. The molecule has 0 bridgehead atoms. The molecule has 0 aliphatic heterocycles. The molecule has 1 N–H and O–H groups in total. The Kier molecular flexibility index (Phi) is 8.25. The fraction of sp³-hybridized carbons (Fsp3) is 0.500. The van der Waals surface area contributed by atoms with Crippen molar-refractivity contribution in [3.05, 3.63) is 35.4 Å². The lowest BCUT2D eigenvalue weighted by Gasteiger charge is -2.09. The number of hydrogen-bond donors (Lipinski definition) is 1. The Balaban J connectivity index is 2.52. The van der Waals surface area contributed by atoms with Crippen molar-refractivity contribution in [1.29, 1.82) is 0 Å². The minimum absolute atomic E-state index is 0.844. The number of aliphatic carboxylic acids is 1. The smallest absolute Gasteiger partial charge is 0.328 e. The minimum atomic E-state index is -0.940. The van der Waals surface area contributed by atoms with Crippen LogP contribution in [0.1, 0.15) is 56.6 Å². The van der Waals surface area contributed by atoms with Crippen molar-refractivity contribution >= 4 is 12.0 Å². The summed E-state index contributed by atoms with van der Waals surface area (Å²) in [6.45, 7) is 2.23. The SMILES string of the molecule is CCCCCCCCc1ccc(C=CC(=O)O)cc1OC. The molecule has 0 spiro atoms. The molecule has 0 aliphatic carbocycles. The summed E-state index contributed by atoms with van der Waals surface area (Å²) in [6.07, 6.45) is 11.4. The lowest BCUT2D eigenvalue weighted by molar-refractivity contribution is -0.131. The third-order valence-electron chi connectivity index (χ3n) is 3.53. The summed E-state index contributed by atoms with van der Waals surface area (Å²) in [5.74, 6) is -0.0961. The standard InChI is InChI=1S/C18H26O3/c1-3-4-5-6-7-8-9-16-12-10-15(11-13-18(19)20)14-17(16)21-2/h10-14H,3-9H2,1-2H3,(H,19,20). The van der Waals surface area contributed by atoms with Gasteiger partial charge in [0.1, 0.15) is 5.75 Å². The Bertz CT molecular complexity index is 464. The molecule has 3 nitrogen and oxygen atoms in total. The van der Waals surface area contributed by atoms with E-state index in [0.29, 0.717) is 0 Å². The van der Waals surface area contributed by atoms with Crippen molar-refractivity contribution in [3.8, 4) is 5.75 Å². The molecule has 0 atom stereocenters. The van der Waals surface area contributed by atoms with E-state index in [9.17, 15) is 4.79 Å². The highest BCUT2D eigenvalue weighted by Crippen LogP contribution is 2.23. The van der Waals surface area contributed by atoms with Gasteiger partial charge in [-0.1, -0.05) is 51.2 Å². The quantitative estimate of drug-likeness (QED) is 0.502. The van der Waals surface area contributed by atoms with Gasteiger partial charge in [-0.25, -0.2) is 4.79 Å². The van der Waals surface area contributed by atoms with E-state index in [-0.39, 0.29) is 0 Å². The number of ether oxygens (including phenoxy) is 1. The first-order valence-corrected chi connectivity index (χ1v) is 7.75. The largest absolute Gasteiger partial charge is 0.496 e. The number of benzene rings is 1. The van der Waals surface area contributed by atoms with Gasteiger partial charge in [0, 0.05) is 6.08 Å². The summed E-state index contributed by atoms with van der Waals surface area (Å²) >= 11 is 0. The van der Waals surface area contributed by atoms with Gasteiger partial charge in [-0.2, -0.15) is 0 Å². The van der Waals surface area contributed by atoms with E-state index in [1.165, 1.54) is 44.1 Å². The van der Waals surface area contributed by atoms with Crippen molar-refractivity contribution in [1.82, 2.24) is 0 Å². The average Bonchev–Trinajstić information content (AvgIpc) is 2.49. The highest BCUT2D eigenvalue weighted by molar-refractivity contribution is 5.85. The normalized spacial score (nSPS) is 11.0. The molecule has 0 radical (unpaired) electrons. The topological polar surface area (TPSA) is 46.5 Å². The molecule has 0 saturated heterocycles. The van der Waals surface area contributed by atoms with Crippen LogP contribution in [-0.2, 0) is 11.2 Å². The number of carboxylic acid groups (broad SMARTS) is 1. The van der Waals surface area contributed by atoms with Gasteiger partial charge in [-0.3, -0.25) is 0 Å². The fourth-order valence-corrected chi connectivity index (χ4v) is 2.33. The van der Waals surface area contributed by atoms with Gasteiger partial charge in [-0.15, -0.1) is 0 Å². The monoisotopic (exact) mass is 290 g/mol. The second-order valence-corrected chi connectivity index (χ2v) is 5.26. The maximum atomic E-state index is 10.5. The van der Waals surface area contributed by atoms with E-state index in [4.69, 9.17) is 9.84 Å². The van der Waals surface area contributed by atoms with E-state index >= 15 is 0 Å². The average molecular weight is 290 g/mol. The minimum Gasteiger partial charge on any atom is -0.496 e. The van der Waals surface area contributed by atoms with E-state index in [0.717, 1.165) is 23.8 Å². The summed E-state index contributed by atoms with van der Waals surface area (Å²) in [4.78, 5) is 10.5. The predicted octanol–water partition coefficient (Wildman–Crippen LogP) is 4.70. The second kappa shape index (κ2) is 10.0. The first-order chi connectivity index (χ1) is 10.2. The van der Waals surface area contributed by atoms with E-state index < -0.39 is 5.97 Å². The van der Waals surface area contributed by atoms with Gasteiger partial charge in [-0.05, 0) is 36.1 Å². The van der Waals surface area contributed by atoms with E-state index in [1.54, 1.807) is 13.2 Å². The lowest BCUT2D eigenvalue weighted by atomic mass is 10.0. The molecule has 0 aromatic heterocycles. The molecular weight excluding hydrogens is 264 g/mol. The molecule has 0 fully saturated rings. The van der Waals surface area contributed by atoms with Crippen LogP contribution in [0.15, 0.2) is 24.3 Å². The molecule has 3 heteroatoms. The van der Waals surface area contributed by atoms with Crippen LogP contribution in [0.25, 0.3) is 6.08 Å². The van der Waals surface area contributed by atoms with Gasteiger partial charge in [0.15, 0.2) is 0 Å². The summed E-state index contributed by atoms with van der Waals surface area (Å²) in [5.41, 5.74) is 2.04. The fourth-order valence-electron chi connectivity index (χ4n) is 2.33.